The molecule has 0 aliphatic carbocycles. The summed E-state index contributed by atoms with van der Waals surface area (Å²) in [6.45, 7) is 1.90. The Hall–Kier alpha value is -3.32. The van der Waals surface area contributed by atoms with Crippen LogP contribution in [0.4, 0.5) is 0 Å². The predicted octanol–water partition coefficient (Wildman–Crippen LogP) is 6.25. The third-order valence-electron chi connectivity index (χ3n) is 5.77. The molecule has 0 spiro atoms. The molecule has 1 aromatic heterocycles. The minimum absolute atomic E-state index is 0.362. The van der Waals surface area contributed by atoms with Crippen molar-refractivity contribution in [1.82, 2.24) is 15.3 Å². The number of hydrogen-bond donors (Lipinski definition) is 2. The Bertz CT molecular complexity index is 1270. The second-order valence-corrected chi connectivity index (χ2v) is 8.74. The van der Waals surface area contributed by atoms with Crippen molar-refractivity contribution in [2.75, 3.05) is 7.11 Å². The van der Waals surface area contributed by atoms with Crippen molar-refractivity contribution in [2.45, 2.75) is 18.8 Å². The van der Waals surface area contributed by atoms with Crippen molar-refractivity contribution in [3.05, 3.63) is 100 Å². The fourth-order valence-corrected chi connectivity index (χ4v) is 4.20. The molecule has 4 aromatic rings. The predicted molar refractivity (Wildman–Crippen MR) is 133 cm³/mol. The molecule has 2 unspecified atom stereocenters. The number of methoxy groups -OCH3 is 1. The van der Waals surface area contributed by atoms with E-state index in [1.54, 1.807) is 36.9 Å². The molecule has 1 heterocycles. The zero-order valence-electron chi connectivity index (χ0n) is 18.6. The first-order valence-electron chi connectivity index (χ1n) is 10.6. The van der Waals surface area contributed by atoms with Crippen LogP contribution in [-0.2, 0) is 4.79 Å². The minimum Gasteiger partial charge on any atom is -0.497 e. The van der Waals surface area contributed by atoms with Gasteiger partial charge in [0.15, 0.2) is 0 Å². The number of hydroxylamine groups is 1. The van der Waals surface area contributed by atoms with E-state index in [1.807, 2.05) is 66.2 Å². The average Bonchev–Trinajstić information content (AvgIpc) is 3.31. The van der Waals surface area contributed by atoms with Gasteiger partial charge in [0.1, 0.15) is 5.75 Å². The Balaban J connectivity index is 1.82. The van der Waals surface area contributed by atoms with Gasteiger partial charge in [0.05, 0.1) is 30.1 Å². The second-order valence-electron chi connectivity index (χ2n) is 7.87. The Morgan fingerprint density at radius 2 is 1.56 bits per heavy atom. The number of hydrogen-bond acceptors (Lipinski definition) is 4. The smallest absolute Gasteiger partial charge is 0.251 e. The third kappa shape index (κ3) is 4.94. The van der Waals surface area contributed by atoms with Crippen LogP contribution in [0.1, 0.15) is 30.0 Å². The van der Waals surface area contributed by atoms with Crippen molar-refractivity contribution in [3.63, 3.8) is 0 Å². The van der Waals surface area contributed by atoms with E-state index >= 15 is 0 Å². The summed E-state index contributed by atoms with van der Waals surface area (Å²) in [7, 11) is 1.62. The van der Waals surface area contributed by atoms with Gasteiger partial charge in [-0.3, -0.25) is 10.0 Å². The summed E-state index contributed by atoms with van der Waals surface area (Å²) in [4.78, 5) is 12.7. The molecule has 0 fully saturated rings. The van der Waals surface area contributed by atoms with Crippen molar-refractivity contribution >= 4 is 29.1 Å². The SMILES string of the molecule is COc1ccc(-n2nc(C(C)C(C(=O)NO)c3ccc(Cl)cc3)cc2-c2ccc(Cl)cc2)cc1. The number of aromatic nitrogens is 2. The Morgan fingerprint density at radius 3 is 2.12 bits per heavy atom. The summed E-state index contributed by atoms with van der Waals surface area (Å²) in [5, 5.41) is 15.5. The van der Waals surface area contributed by atoms with Crippen LogP contribution in [0.15, 0.2) is 78.9 Å². The highest BCUT2D eigenvalue weighted by Gasteiger charge is 2.30. The van der Waals surface area contributed by atoms with Crippen molar-refractivity contribution in [2.24, 2.45) is 0 Å². The van der Waals surface area contributed by atoms with Gasteiger partial charge in [0, 0.05) is 21.5 Å². The summed E-state index contributed by atoms with van der Waals surface area (Å²) >= 11 is 12.1. The maximum absolute atomic E-state index is 12.7. The molecule has 3 aromatic carbocycles. The Labute approximate surface area is 207 Å². The van der Waals surface area contributed by atoms with Crippen LogP contribution in [0.25, 0.3) is 16.9 Å². The van der Waals surface area contributed by atoms with E-state index < -0.39 is 11.8 Å². The van der Waals surface area contributed by atoms with Crippen molar-refractivity contribution in [1.29, 1.82) is 0 Å². The molecule has 0 bridgehead atoms. The molecule has 34 heavy (non-hydrogen) atoms. The van der Waals surface area contributed by atoms with Gasteiger partial charge in [-0.05, 0) is 60.2 Å². The molecule has 0 saturated carbocycles. The highest BCUT2D eigenvalue weighted by Crippen LogP contribution is 2.36. The van der Waals surface area contributed by atoms with Crippen LogP contribution in [0.5, 0.6) is 5.75 Å². The van der Waals surface area contributed by atoms with Gasteiger partial charge >= 0.3 is 0 Å². The summed E-state index contributed by atoms with van der Waals surface area (Å²) < 4.78 is 7.11. The van der Waals surface area contributed by atoms with E-state index in [9.17, 15) is 10.0 Å². The van der Waals surface area contributed by atoms with Gasteiger partial charge in [-0.15, -0.1) is 0 Å². The molecule has 6 nitrogen and oxygen atoms in total. The summed E-state index contributed by atoms with van der Waals surface area (Å²) in [6, 6.07) is 24.0. The number of amides is 1. The zero-order valence-corrected chi connectivity index (χ0v) is 20.1. The number of nitrogens with one attached hydrogen (secondary N) is 1. The Morgan fingerprint density at radius 1 is 0.971 bits per heavy atom. The van der Waals surface area contributed by atoms with Gasteiger partial charge < -0.3 is 4.74 Å². The molecule has 0 aliphatic heterocycles. The molecule has 0 aliphatic rings. The fraction of sp³-hybridized carbons (Fsp3) is 0.154. The molecule has 4 rings (SSSR count). The molecule has 0 radical (unpaired) electrons. The van der Waals surface area contributed by atoms with Crippen molar-refractivity contribution in [3.8, 4) is 22.7 Å². The minimum atomic E-state index is -0.681. The van der Waals surface area contributed by atoms with Gasteiger partial charge in [-0.1, -0.05) is 54.4 Å². The highest BCUT2D eigenvalue weighted by atomic mass is 35.5. The van der Waals surface area contributed by atoms with Gasteiger partial charge in [0.2, 0.25) is 0 Å². The van der Waals surface area contributed by atoms with Crippen molar-refractivity contribution < 1.29 is 14.7 Å². The molecule has 2 N–H and O–H groups in total. The maximum atomic E-state index is 12.7. The number of rotatable bonds is 7. The largest absolute Gasteiger partial charge is 0.497 e. The van der Waals surface area contributed by atoms with E-state index in [4.69, 9.17) is 33.0 Å². The molecule has 174 valence electrons. The second kappa shape index (κ2) is 10.3. The normalized spacial score (nSPS) is 12.7. The monoisotopic (exact) mass is 495 g/mol. The lowest BCUT2D eigenvalue weighted by Crippen LogP contribution is -2.29. The van der Waals surface area contributed by atoms with Crippen LogP contribution in [0, 0.1) is 0 Å². The van der Waals surface area contributed by atoms with E-state index in [2.05, 4.69) is 0 Å². The number of halogens is 2. The number of carbonyl (C=O) groups excluding carboxylic acids is 1. The van der Waals surface area contributed by atoms with Crippen LogP contribution in [0.2, 0.25) is 10.0 Å². The summed E-state index contributed by atoms with van der Waals surface area (Å²) in [5.74, 6) is -0.833. The van der Waals surface area contributed by atoms with Crippen LogP contribution >= 0.6 is 23.2 Å². The first kappa shape index (κ1) is 23.8. The first-order valence-corrected chi connectivity index (χ1v) is 11.4. The van der Waals surface area contributed by atoms with Gasteiger partial charge in [-0.25, -0.2) is 10.2 Å². The standard InChI is InChI=1S/C26H23Cl2N3O3/c1-16(25(26(32)30-33)18-5-9-20(28)10-6-18)23-15-24(17-3-7-19(27)8-4-17)31(29-23)21-11-13-22(34-2)14-12-21/h3-16,25,33H,1-2H3,(H,30,32). The summed E-state index contributed by atoms with van der Waals surface area (Å²) in [5.41, 5.74) is 5.79. The number of carbonyl (C=O) groups is 1. The third-order valence-corrected chi connectivity index (χ3v) is 6.28. The number of benzene rings is 3. The lowest BCUT2D eigenvalue weighted by Gasteiger charge is -2.21. The lowest BCUT2D eigenvalue weighted by molar-refractivity contribution is -0.131. The molecule has 1 amide bonds. The van der Waals surface area contributed by atoms with E-state index in [1.165, 1.54) is 0 Å². The van der Waals surface area contributed by atoms with Gasteiger partial charge in [-0.2, -0.15) is 5.10 Å². The van der Waals surface area contributed by atoms with E-state index in [-0.39, 0.29) is 5.92 Å². The topological polar surface area (TPSA) is 76.4 Å². The van der Waals surface area contributed by atoms with Crippen LogP contribution in [0.3, 0.4) is 0 Å². The van der Waals surface area contributed by atoms with E-state index in [0.29, 0.717) is 15.7 Å². The van der Waals surface area contributed by atoms with Crippen LogP contribution < -0.4 is 10.2 Å². The zero-order chi connectivity index (χ0) is 24.2. The van der Waals surface area contributed by atoms with Crippen LogP contribution in [-0.4, -0.2) is 28.0 Å². The average molecular weight is 496 g/mol. The molecule has 8 heteroatoms. The quantitative estimate of drug-likeness (QED) is 0.234. The number of ether oxygens (including phenoxy) is 1. The van der Waals surface area contributed by atoms with E-state index in [0.717, 1.165) is 28.3 Å². The maximum Gasteiger partial charge on any atom is 0.251 e. The molecule has 0 saturated heterocycles. The Kier molecular flexibility index (Phi) is 7.22. The van der Waals surface area contributed by atoms with Gasteiger partial charge in [0.25, 0.3) is 5.91 Å². The molecular formula is C26H23Cl2N3O3. The highest BCUT2D eigenvalue weighted by molar-refractivity contribution is 6.30. The molecule has 2 atom stereocenters. The number of nitrogens with zero attached hydrogens (tertiary/aromatic N) is 2. The first-order chi connectivity index (χ1) is 16.4. The fourth-order valence-electron chi connectivity index (χ4n) is 3.95. The lowest BCUT2D eigenvalue weighted by atomic mass is 9.84. The molecular weight excluding hydrogens is 473 g/mol. The summed E-state index contributed by atoms with van der Waals surface area (Å²) in [6.07, 6.45) is 0.